The summed E-state index contributed by atoms with van der Waals surface area (Å²) in [7, 11) is 1.73. The minimum absolute atomic E-state index is 0.504. The first-order valence-electron chi connectivity index (χ1n) is 6.88. The molecule has 4 heteroatoms. The van der Waals surface area contributed by atoms with Crippen molar-refractivity contribution < 1.29 is 14.2 Å². The Balaban J connectivity index is 1.93. The Labute approximate surface area is 115 Å². The molecular weight excluding hydrogens is 242 g/mol. The second kappa shape index (κ2) is 7.36. The lowest BCUT2D eigenvalue weighted by atomic mass is 10.1. The Kier molecular flexibility index (Phi) is 5.48. The van der Waals surface area contributed by atoms with E-state index in [1.54, 1.807) is 7.11 Å². The summed E-state index contributed by atoms with van der Waals surface area (Å²) in [6, 6.07) is 6.07. The van der Waals surface area contributed by atoms with E-state index in [4.69, 9.17) is 14.2 Å². The van der Waals surface area contributed by atoms with Crippen molar-refractivity contribution in [1.29, 1.82) is 0 Å². The van der Waals surface area contributed by atoms with Gasteiger partial charge in [0, 0.05) is 38.8 Å². The van der Waals surface area contributed by atoms with Crippen LogP contribution in [0.5, 0.6) is 11.5 Å². The van der Waals surface area contributed by atoms with Gasteiger partial charge in [-0.3, -0.25) is 0 Å². The van der Waals surface area contributed by atoms with E-state index in [0.29, 0.717) is 5.92 Å². The fourth-order valence-electron chi connectivity index (χ4n) is 2.19. The second-order valence-electron chi connectivity index (χ2n) is 4.99. The minimum atomic E-state index is 0.504. The highest BCUT2D eigenvalue weighted by atomic mass is 16.5. The zero-order valence-corrected chi connectivity index (χ0v) is 11.8. The van der Waals surface area contributed by atoms with Gasteiger partial charge >= 0.3 is 0 Å². The largest absolute Gasteiger partial charge is 0.490 e. The van der Waals surface area contributed by atoms with E-state index in [0.717, 1.165) is 56.4 Å². The van der Waals surface area contributed by atoms with Gasteiger partial charge < -0.3 is 19.5 Å². The summed E-state index contributed by atoms with van der Waals surface area (Å²) < 4.78 is 16.6. The van der Waals surface area contributed by atoms with Gasteiger partial charge in [0.2, 0.25) is 0 Å². The van der Waals surface area contributed by atoms with Gasteiger partial charge in [0.15, 0.2) is 11.5 Å². The SMILES string of the molecule is COCC(C)CNCc1cccc2c1OCCCO2. The first-order chi connectivity index (χ1) is 9.31. The van der Waals surface area contributed by atoms with E-state index in [1.165, 1.54) is 0 Å². The highest BCUT2D eigenvalue weighted by molar-refractivity contribution is 5.46. The van der Waals surface area contributed by atoms with Crippen LogP contribution >= 0.6 is 0 Å². The molecule has 1 aliphatic rings. The van der Waals surface area contributed by atoms with Crippen molar-refractivity contribution >= 4 is 0 Å². The third kappa shape index (κ3) is 4.11. The topological polar surface area (TPSA) is 39.7 Å². The summed E-state index contributed by atoms with van der Waals surface area (Å²) in [5.41, 5.74) is 1.16. The van der Waals surface area contributed by atoms with Gasteiger partial charge in [-0.05, 0) is 12.0 Å². The Morgan fingerprint density at radius 2 is 2.16 bits per heavy atom. The molecule has 1 aliphatic heterocycles. The minimum Gasteiger partial charge on any atom is -0.490 e. The van der Waals surface area contributed by atoms with Crippen molar-refractivity contribution in [2.45, 2.75) is 19.9 Å². The molecule has 0 spiro atoms. The van der Waals surface area contributed by atoms with Gasteiger partial charge in [-0.15, -0.1) is 0 Å². The van der Waals surface area contributed by atoms with Crippen molar-refractivity contribution in [2.75, 3.05) is 33.5 Å². The molecule has 0 saturated carbocycles. The zero-order valence-electron chi connectivity index (χ0n) is 11.8. The molecule has 1 aromatic rings. The summed E-state index contributed by atoms with van der Waals surface area (Å²) in [5, 5.41) is 3.44. The van der Waals surface area contributed by atoms with E-state index in [-0.39, 0.29) is 0 Å². The fraction of sp³-hybridized carbons (Fsp3) is 0.600. The molecule has 0 fully saturated rings. The van der Waals surface area contributed by atoms with Crippen LogP contribution in [0.1, 0.15) is 18.9 Å². The number of fused-ring (bicyclic) bond motifs is 1. The third-order valence-electron chi connectivity index (χ3n) is 3.11. The predicted molar refractivity (Wildman–Crippen MR) is 74.8 cm³/mol. The molecule has 0 aromatic heterocycles. The molecule has 1 N–H and O–H groups in total. The smallest absolute Gasteiger partial charge is 0.165 e. The van der Waals surface area contributed by atoms with E-state index in [2.05, 4.69) is 18.3 Å². The normalized spacial score (nSPS) is 15.9. The number of benzene rings is 1. The van der Waals surface area contributed by atoms with Crippen LogP contribution in [0, 0.1) is 5.92 Å². The van der Waals surface area contributed by atoms with Crippen LogP contribution in [-0.2, 0) is 11.3 Å². The Morgan fingerprint density at radius 1 is 1.32 bits per heavy atom. The van der Waals surface area contributed by atoms with Gasteiger partial charge in [-0.2, -0.15) is 0 Å². The highest BCUT2D eigenvalue weighted by Crippen LogP contribution is 2.33. The predicted octanol–water partition coefficient (Wildman–Crippen LogP) is 2.22. The van der Waals surface area contributed by atoms with Crippen LogP contribution in [0.2, 0.25) is 0 Å². The summed E-state index contributed by atoms with van der Waals surface area (Å²) in [6.07, 6.45) is 0.937. The van der Waals surface area contributed by atoms with Crippen molar-refractivity contribution in [1.82, 2.24) is 5.32 Å². The van der Waals surface area contributed by atoms with Gasteiger partial charge in [0.1, 0.15) is 0 Å². The zero-order chi connectivity index (χ0) is 13.5. The molecule has 4 nitrogen and oxygen atoms in total. The molecule has 0 bridgehead atoms. The number of hydrogen-bond acceptors (Lipinski definition) is 4. The first kappa shape index (κ1) is 14.2. The number of hydrogen-bond donors (Lipinski definition) is 1. The Morgan fingerprint density at radius 3 is 3.00 bits per heavy atom. The van der Waals surface area contributed by atoms with Crippen LogP contribution in [0.15, 0.2) is 18.2 Å². The van der Waals surface area contributed by atoms with E-state index >= 15 is 0 Å². The van der Waals surface area contributed by atoms with Gasteiger partial charge in [-0.1, -0.05) is 19.1 Å². The molecule has 1 atom stereocenters. The lowest BCUT2D eigenvalue weighted by molar-refractivity contribution is 0.158. The van der Waals surface area contributed by atoms with Crippen molar-refractivity contribution in [3.8, 4) is 11.5 Å². The van der Waals surface area contributed by atoms with Crippen LogP contribution in [0.3, 0.4) is 0 Å². The fourth-order valence-corrected chi connectivity index (χ4v) is 2.19. The lowest BCUT2D eigenvalue weighted by Gasteiger charge is -2.15. The molecule has 1 heterocycles. The Bertz CT molecular complexity index is 395. The molecule has 1 aromatic carbocycles. The van der Waals surface area contributed by atoms with Crippen LogP contribution in [0.4, 0.5) is 0 Å². The number of ether oxygens (including phenoxy) is 3. The number of methoxy groups -OCH3 is 1. The molecule has 0 saturated heterocycles. The number of nitrogens with one attached hydrogen (secondary N) is 1. The average molecular weight is 265 g/mol. The second-order valence-corrected chi connectivity index (χ2v) is 4.99. The molecule has 0 radical (unpaired) electrons. The molecule has 1 unspecified atom stereocenters. The summed E-state index contributed by atoms with van der Waals surface area (Å²) in [6.45, 7) is 6.12. The third-order valence-corrected chi connectivity index (χ3v) is 3.11. The standard InChI is InChI=1S/C15H23NO3/c1-12(11-17-2)9-16-10-13-5-3-6-14-15(13)19-8-4-7-18-14/h3,5-6,12,16H,4,7-11H2,1-2H3. The van der Waals surface area contributed by atoms with Gasteiger partial charge in [0.05, 0.1) is 13.2 Å². The van der Waals surface area contributed by atoms with Crippen molar-refractivity contribution in [3.63, 3.8) is 0 Å². The van der Waals surface area contributed by atoms with Crippen LogP contribution in [0.25, 0.3) is 0 Å². The molecule has 2 rings (SSSR count). The molecule has 0 amide bonds. The molecule has 19 heavy (non-hydrogen) atoms. The maximum Gasteiger partial charge on any atom is 0.165 e. The van der Waals surface area contributed by atoms with Crippen molar-refractivity contribution in [3.05, 3.63) is 23.8 Å². The maximum atomic E-state index is 5.79. The number of para-hydroxylation sites is 1. The van der Waals surface area contributed by atoms with Crippen molar-refractivity contribution in [2.24, 2.45) is 5.92 Å². The monoisotopic (exact) mass is 265 g/mol. The first-order valence-corrected chi connectivity index (χ1v) is 6.88. The maximum absolute atomic E-state index is 5.79. The Hall–Kier alpha value is -1.26. The van der Waals surface area contributed by atoms with Gasteiger partial charge in [0.25, 0.3) is 0 Å². The van der Waals surface area contributed by atoms with Crippen LogP contribution < -0.4 is 14.8 Å². The van der Waals surface area contributed by atoms with E-state index in [1.807, 2.05) is 12.1 Å². The molecular formula is C15H23NO3. The summed E-state index contributed by atoms with van der Waals surface area (Å²) in [5.74, 6) is 2.26. The van der Waals surface area contributed by atoms with Gasteiger partial charge in [-0.25, -0.2) is 0 Å². The van der Waals surface area contributed by atoms with E-state index in [9.17, 15) is 0 Å². The average Bonchev–Trinajstić information content (AvgIpc) is 2.65. The van der Waals surface area contributed by atoms with Crippen LogP contribution in [-0.4, -0.2) is 33.5 Å². The van der Waals surface area contributed by atoms with E-state index < -0.39 is 0 Å². The summed E-state index contributed by atoms with van der Waals surface area (Å²) in [4.78, 5) is 0. The highest BCUT2D eigenvalue weighted by Gasteiger charge is 2.14. The lowest BCUT2D eigenvalue weighted by Crippen LogP contribution is -2.23. The molecule has 0 aliphatic carbocycles. The summed E-state index contributed by atoms with van der Waals surface area (Å²) >= 11 is 0. The number of rotatable bonds is 6. The quantitative estimate of drug-likeness (QED) is 0.856. The molecule has 106 valence electrons.